The average Bonchev–Trinajstić information content (AvgIpc) is 2.92. The van der Waals surface area contributed by atoms with Gasteiger partial charge in [0.15, 0.2) is 0 Å². The largest absolute Gasteiger partial charge is 0.375 e. The first-order valence-electron chi connectivity index (χ1n) is 8.00. The van der Waals surface area contributed by atoms with Gasteiger partial charge in [-0.15, -0.1) is 0 Å². The first-order valence-corrected chi connectivity index (χ1v) is 8.00. The topological polar surface area (TPSA) is 58.8 Å². The van der Waals surface area contributed by atoms with Crippen LogP contribution in [0.15, 0.2) is 0 Å². The van der Waals surface area contributed by atoms with E-state index in [9.17, 15) is 4.79 Å². The van der Waals surface area contributed by atoms with E-state index in [1.54, 1.807) is 0 Å². The summed E-state index contributed by atoms with van der Waals surface area (Å²) in [4.78, 5) is 16.3. The molecular weight excluding hydrogens is 254 g/mol. The second-order valence-electron chi connectivity index (χ2n) is 5.49. The van der Waals surface area contributed by atoms with Gasteiger partial charge in [-0.1, -0.05) is 27.2 Å². The Balaban J connectivity index is 2.24. The summed E-state index contributed by atoms with van der Waals surface area (Å²) in [7, 11) is 0. The molecule has 20 heavy (non-hydrogen) atoms. The standard InChI is InChI=1S/C15H31N3O2/c1-4-7-14(16)15(19)18-9-8-13(12-18)20-11-10-17(5-2)6-3/h13-14H,4-12,16H2,1-3H3. The Labute approximate surface area is 123 Å². The predicted molar refractivity (Wildman–Crippen MR) is 81.6 cm³/mol. The molecule has 0 aromatic rings. The Morgan fingerprint density at radius 1 is 1.40 bits per heavy atom. The smallest absolute Gasteiger partial charge is 0.239 e. The van der Waals surface area contributed by atoms with Crippen molar-refractivity contribution in [3.8, 4) is 0 Å². The summed E-state index contributed by atoms with van der Waals surface area (Å²) in [5, 5.41) is 0. The number of hydrogen-bond acceptors (Lipinski definition) is 4. The quantitative estimate of drug-likeness (QED) is 0.688. The summed E-state index contributed by atoms with van der Waals surface area (Å²) < 4.78 is 5.88. The van der Waals surface area contributed by atoms with Gasteiger partial charge in [0.25, 0.3) is 0 Å². The fraction of sp³-hybridized carbons (Fsp3) is 0.933. The van der Waals surface area contributed by atoms with Gasteiger partial charge in [0.05, 0.1) is 18.8 Å². The Kier molecular flexibility index (Phi) is 8.11. The van der Waals surface area contributed by atoms with Crippen LogP contribution in [0.2, 0.25) is 0 Å². The maximum atomic E-state index is 12.1. The average molecular weight is 285 g/mol. The van der Waals surface area contributed by atoms with E-state index in [-0.39, 0.29) is 18.1 Å². The van der Waals surface area contributed by atoms with Crippen LogP contribution in [0.3, 0.4) is 0 Å². The van der Waals surface area contributed by atoms with Crippen LogP contribution in [0.4, 0.5) is 0 Å². The van der Waals surface area contributed by atoms with Crippen LogP contribution in [-0.2, 0) is 9.53 Å². The van der Waals surface area contributed by atoms with Crippen LogP contribution >= 0.6 is 0 Å². The van der Waals surface area contributed by atoms with Gasteiger partial charge < -0.3 is 20.3 Å². The monoisotopic (exact) mass is 285 g/mol. The molecule has 0 aliphatic carbocycles. The maximum absolute atomic E-state index is 12.1. The molecule has 5 heteroatoms. The lowest BCUT2D eigenvalue weighted by molar-refractivity contribution is -0.132. The van der Waals surface area contributed by atoms with E-state index in [2.05, 4.69) is 25.7 Å². The van der Waals surface area contributed by atoms with Crippen molar-refractivity contribution in [1.82, 2.24) is 9.80 Å². The fourth-order valence-corrected chi connectivity index (χ4v) is 2.62. The van der Waals surface area contributed by atoms with E-state index < -0.39 is 0 Å². The van der Waals surface area contributed by atoms with E-state index in [0.29, 0.717) is 6.54 Å². The second kappa shape index (κ2) is 9.32. The molecule has 1 amide bonds. The third-order valence-corrected chi connectivity index (χ3v) is 4.03. The minimum atomic E-state index is -0.338. The van der Waals surface area contributed by atoms with E-state index >= 15 is 0 Å². The van der Waals surface area contributed by atoms with Gasteiger partial charge in [0.1, 0.15) is 0 Å². The molecule has 1 saturated heterocycles. The van der Waals surface area contributed by atoms with Crippen LogP contribution in [0, 0.1) is 0 Å². The molecule has 1 heterocycles. The summed E-state index contributed by atoms with van der Waals surface area (Å²) in [6, 6.07) is -0.338. The number of amides is 1. The summed E-state index contributed by atoms with van der Waals surface area (Å²) in [6.45, 7) is 11.7. The number of nitrogens with two attached hydrogens (primary N) is 1. The summed E-state index contributed by atoms with van der Waals surface area (Å²) in [6.07, 6.45) is 2.83. The highest BCUT2D eigenvalue weighted by atomic mass is 16.5. The molecule has 2 atom stereocenters. The zero-order valence-electron chi connectivity index (χ0n) is 13.3. The number of likely N-dealkylation sites (tertiary alicyclic amines) is 1. The van der Waals surface area contributed by atoms with Crippen LogP contribution in [0.5, 0.6) is 0 Å². The van der Waals surface area contributed by atoms with Gasteiger partial charge in [-0.05, 0) is 25.9 Å². The maximum Gasteiger partial charge on any atom is 0.239 e. The molecule has 2 unspecified atom stereocenters. The van der Waals surface area contributed by atoms with E-state index in [4.69, 9.17) is 10.5 Å². The minimum Gasteiger partial charge on any atom is -0.375 e. The van der Waals surface area contributed by atoms with Crippen LogP contribution in [0.1, 0.15) is 40.0 Å². The number of hydrogen-bond donors (Lipinski definition) is 1. The van der Waals surface area contributed by atoms with Gasteiger partial charge >= 0.3 is 0 Å². The SMILES string of the molecule is CCCC(N)C(=O)N1CCC(OCCN(CC)CC)C1. The lowest BCUT2D eigenvalue weighted by Gasteiger charge is -2.21. The normalized spacial score (nSPS) is 20.6. The minimum absolute atomic E-state index is 0.0849. The molecule has 0 aromatic carbocycles. The third kappa shape index (κ3) is 5.38. The third-order valence-electron chi connectivity index (χ3n) is 4.03. The molecule has 0 bridgehead atoms. The van der Waals surface area contributed by atoms with Crippen molar-refractivity contribution in [3.63, 3.8) is 0 Å². The van der Waals surface area contributed by atoms with Gasteiger partial charge in [0, 0.05) is 19.6 Å². The van der Waals surface area contributed by atoms with Crippen molar-refractivity contribution in [2.75, 3.05) is 39.3 Å². The molecule has 0 radical (unpaired) electrons. The Morgan fingerprint density at radius 3 is 2.70 bits per heavy atom. The molecule has 0 spiro atoms. The van der Waals surface area contributed by atoms with E-state index in [1.807, 2.05) is 4.90 Å². The molecule has 1 fully saturated rings. The Bertz CT molecular complexity index is 282. The molecule has 0 saturated carbocycles. The molecular formula is C15H31N3O2. The summed E-state index contributed by atoms with van der Waals surface area (Å²) >= 11 is 0. The lowest BCUT2D eigenvalue weighted by atomic mass is 10.1. The molecule has 1 aliphatic rings. The van der Waals surface area contributed by atoms with Crippen LogP contribution < -0.4 is 5.73 Å². The van der Waals surface area contributed by atoms with Crippen molar-refractivity contribution in [3.05, 3.63) is 0 Å². The summed E-state index contributed by atoms with van der Waals surface area (Å²) in [5.74, 6) is 0.0849. The van der Waals surface area contributed by atoms with Crippen molar-refractivity contribution in [1.29, 1.82) is 0 Å². The highest BCUT2D eigenvalue weighted by molar-refractivity contribution is 5.81. The first-order chi connectivity index (χ1) is 9.62. The molecule has 1 rings (SSSR count). The number of carbonyl (C=O) groups excluding carboxylic acids is 1. The zero-order valence-corrected chi connectivity index (χ0v) is 13.3. The number of nitrogens with zero attached hydrogens (tertiary/aromatic N) is 2. The fourth-order valence-electron chi connectivity index (χ4n) is 2.62. The lowest BCUT2D eigenvalue weighted by Crippen LogP contribution is -2.43. The number of likely N-dealkylation sites (N-methyl/N-ethyl adjacent to an activating group) is 1. The van der Waals surface area contributed by atoms with Gasteiger partial charge in [-0.3, -0.25) is 4.79 Å². The number of carbonyl (C=O) groups is 1. The van der Waals surface area contributed by atoms with Crippen molar-refractivity contribution in [2.45, 2.75) is 52.2 Å². The van der Waals surface area contributed by atoms with Gasteiger partial charge in [-0.2, -0.15) is 0 Å². The number of ether oxygens (including phenoxy) is 1. The second-order valence-corrected chi connectivity index (χ2v) is 5.49. The predicted octanol–water partition coefficient (Wildman–Crippen LogP) is 1.07. The van der Waals surface area contributed by atoms with Gasteiger partial charge in [0.2, 0.25) is 5.91 Å². The molecule has 1 aliphatic heterocycles. The van der Waals surface area contributed by atoms with E-state index in [1.165, 1.54) is 0 Å². The van der Waals surface area contributed by atoms with Crippen molar-refractivity contribution in [2.24, 2.45) is 5.73 Å². The number of rotatable bonds is 9. The van der Waals surface area contributed by atoms with Crippen LogP contribution in [0.25, 0.3) is 0 Å². The summed E-state index contributed by atoms with van der Waals surface area (Å²) in [5.41, 5.74) is 5.89. The molecule has 2 N–H and O–H groups in total. The van der Waals surface area contributed by atoms with Crippen molar-refractivity contribution < 1.29 is 9.53 Å². The Morgan fingerprint density at radius 2 is 2.10 bits per heavy atom. The highest BCUT2D eigenvalue weighted by Crippen LogP contribution is 2.14. The first kappa shape index (κ1) is 17.4. The van der Waals surface area contributed by atoms with E-state index in [0.717, 1.165) is 52.0 Å². The molecule has 0 aromatic heterocycles. The Hall–Kier alpha value is -0.650. The zero-order chi connectivity index (χ0) is 15.0. The van der Waals surface area contributed by atoms with Crippen molar-refractivity contribution >= 4 is 5.91 Å². The molecule has 118 valence electrons. The van der Waals surface area contributed by atoms with Gasteiger partial charge in [-0.25, -0.2) is 0 Å². The van der Waals surface area contributed by atoms with Crippen LogP contribution in [-0.4, -0.2) is 67.2 Å². The molecule has 5 nitrogen and oxygen atoms in total. The highest BCUT2D eigenvalue weighted by Gasteiger charge is 2.29.